The van der Waals surface area contributed by atoms with Crippen molar-refractivity contribution >= 4 is 10.8 Å². The van der Waals surface area contributed by atoms with Gasteiger partial charge in [-0.05, 0) is 30.9 Å². The second-order valence-electron chi connectivity index (χ2n) is 5.24. The summed E-state index contributed by atoms with van der Waals surface area (Å²) in [7, 11) is 0. The maximum atomic E-state index is 12.3. The fourth-order valence-corrected chi connectivity index (χ4v) is 2.92. The lowest BCUT2D eigenvalue weighted by Crippen LogP contribution is -2.24. The highest BCUT2D eigenvalue weighted by Gasteiger charge is 2.14. The third kappa shape index (κ3) is 2.17. The van der Waals surface area contributed by atoms with Gasteiger partial charge in [-0.1, -0.05) is 19.3 Å². The molecule has 1 aliphatic carbocycles. The third-order valence-electron chi connectivity index (χ3n) is 3.96. The average molecular weight is 242 g/mol. The summed E-state index contributed by atoms with van der Waals surface area (Å²) >= 11 is 0. The summed E-state index contributed by atoms with van der Waals surface area (Å²) in [5.74, 6) is 0.677. The molecule has 0 saturated heterocycles. The van der Waals surface area contributed by atoms with E-state index in [9.17, 15) is 4.79 Å². The van der Waals surface area contributed by atoms with Crippen molar-refractivity contribution < 1.29 is 0 Å². The van der Waals surface area contributed by atoms with Gasteiger partial charge in [0.2, 0.25) is 0 Å². The van der Waals surface area contributed by atoms with Gasteiger partial charge in [0, 0.05) is 30.5 Å². The number of nitrogens with zero attached hydrogens (tertiary/aromatic N) is 2. The lowest BCUT2D eigenvalue weighted by Gasteiger charge is -2.22. The van der Waals surface area contributed by atoms with E-state index in [1.807, 2.05) is 22.9 Å². The van der Waals surface area contributed by atoms with Gasteiger partial charge >= 0.3 is 0 Å². The van der Waals surface area contributed by atoms with Crippen molar-refractivity contribution in [3.8, 4) is 0 Å². The van der Waals surface area contributed by atoms with E-state index < -0.39 is 0 Å². The number of rotatable bonds is 2. The van der Waals surface area contributed by atoms with Gasteiger partial charge < -0.3 is 4.57 Å². The molecule has 0 amide bonds. The van der Waals surface area contributed by atoms with E-state index in [1.54, 1.807) is 12.4 Å². The van der Waals surface area contributed by atoms with Crippen molar-refractivity contribution in [3.63, 3.8) is 0 Å². The fourth-order valence-electron chi connectivity index (χ4n) is 2.92. The first-order valence-electron chi connectivity index (χ1n) is 6.78. The minimum Gasteiger partial charge on any atom is -0.315 e. The minimum atomic E-state index is 0.125. The Kier molecular flexibility index (Phi) is 3.13. The molecule has 0 atom stereocenters. The Morgan fingerprint density at radius 2 is 2.06 bits per heavy atom. The van der Waals surface area contributed by atoms with E-state index in [0.29, 0.717) is 5.92 Å². The van der Waals surface area contributed by atoms with E-state index >= 15 is 0 Å². The Morgan fingerprint density at radius 3 is 2.89 bits per heavy atom. The molecule has 2 aromatic rings. The quantitative estimate of drug-likeness (QED) is 0.811. The second-order valence-corrected chi connectivity index (χ2v) is 5.24. The second kappa shape index (κ2) is 4.92. The van der Waals surface area contributed by atoms with Crippen LogP contribution in [0.1, 0.15) is 32.1 Å². The van der Waals surface area contributed by atoms with Crippen LogP contribution in [0.4, 0.5) is 0 Å². The molecular formula is C15H18N2O. The van der Waals surface area contributed by atoms with E-state index in [-0.39, 0.29) is 5.56 Å². The SMILES string of the molecule is O=c1c2ccncc2ccn1CC1CCCCC1. The summed E-state index contributed by atoms with van der Waals surface area (Å²) in [5.41, 5.74) is 0.125. The van der Waals surface area contributed by atoms with Crippen molar-refractivity contribution in [2.45, 2.75) is 38.6 Å². The predicted octanol–water partition coefficient (Wildman–Crippen LogP) is 2.98. The molecule has 1 aliphatic rings. The summed E-state index contributed by atoms with van der Waals surface area (Å²) in [6, 6.07) is 3.81. The molecule has 0 N–H and O–H groups in total. The minimum absolute atomic E-state index is 0.125. The van der Waals surface area contributed by atoms with Crippen LogP contribution in [0.3, 0.4) is 0 Å². The molecule has 3 nitrogen and oxygen atoms in total. The highest BCUT2D eigenvalue weighted by molar-refractivity contribution is 5.80. The molecule has 2 heterocycles. The van der Waals surface area contributed by atoms with Crippen LogP contribution in [0.15, 0.2) is 35.5 Å². The van der Waals surface area contributed by atoms with Crippen molar-refractivity contribution in [3.05, 3.63) is 41.1 Å². The Hall–Kier alpha value is -1.64. The third-order valence-corrected chi connectivity index (χ3v) is 3.96. The van der Waals surface area contributed by atoms with Crippen LogP contribution in [0, 0.1) is 5.92 Å². The van der Waals surface area contributed by atoms with Crippen molar-refractivity contribution in [1.82, 2.24) is 9.55 Å². The molecule has 1 saturated carbocycles. The molecule has 94 valence electrons. The molecule has 0 aromatic carbocycles. The van der Waals surface area contributed by atoms with Gasteiger partial charge in [-0.15, -0.1) is 0 Å². The molecule has 0 bridgehead atoms. The zero-order valence-corrected chi connectivity index (χ0v) is 10.5. The molecular weight excluding hydrogens is 224 g/mol. The number of hydrogen-bond donors (Lipinski definition) is 0. The lowest BCUT2D eigenvalue weighted by molar-refractivity contribution is 0.316. The van der Waals surface area contributed by atoms with Crippen LogP contribution in [0.5, 0.6) is 0 Å². The number of fused-ring (bicyclic) bond motifs is 1. The van der Waals surface area contributed by atoms with Gasteiger partial charge in [0.05, 0.1) is 5.39 Å². The lowest BCUT2D eigenvalue weighted by atomic mass is 9.89. The molecule has 0 radical (unpaired) electrons. The van der Waals surface area contributed by atoms with Gasteiger partial charge in [0.25, 0.3) is 5.56 Å². The van der Waals surface area contributed by atoms with Crippen molar-refractivity contribution in [2.24, 2.45) is 5.92 Å². The maximum absolute atomic E-state index is 12.3. The van der Waals surface area contributed by atoms with Crippen LogP contribution in [-0.4, -0.2) is 9.55 Å². The monoisotopic (exact) mass is 242 g/mol. The van der Waals surface area contributed by atoms with Crippen molar-refractivity contribution in [2.75, 3.05) is 0 Å². The molecule has 0 spiro atoms. The van der Waals surface area contributed by atoms with E-state index in [2.05, 4.69) is 4.98 Å². The smallest absolute Gasteiger partial charge is 0.258 e. The first-order valence-corrected chi connectivity index (χ1v) is 6.78. The standard InChI is InChI=1S/C15H18N2O/c18-15-14-6-8-16-10-13(14)7-9-17(15)11-12-4-2-1-3-5-12/h6-10,12H,1-5,11H2. The largest absolute Gasteiger partial charge is 0.315 e. The summed E-state index contributed by atoms with van der Waals surface area (Å²) in [4.78, 5) is 16.4. The van der Waals surface area contributed by atoms with E-state index in [4.69, 9.17) is 0 Å². The van der Waals surface area contributed by atoms with Crippen LogP contribution in [-0.2, 0) is 6.54 Å². The molecule has 1 fully saturated rings. The van der Waals surface area contributed by atoms with Gasteiger partial charge in [-0.2, -0.15) is 0 Å². The fraction of sp³-hybridized carbons (Fsp3) is 0.467. The zero-order valence-electron chi connectivity index (χ0n) is 10.5. The zero-order chi connectivity index (χ0) is 12.4. The summed E-state index contributed by atoms with van der Waals surface area (Å²) in [6.45, 7) is 0.872. The van der Waals surface area contributed by atoms with E-state index in [1.165, 1.54) is 32.1 Å². The highest BCUT2D eigenvalue weighted by atomic mass is 16.1. The molecule has 0 aliphatic heterocycles. The Labute approximate surface area is 106 Å². The normalized spacial score (nSPS) is 17.1. The topological polar surface area (TPSA) is 34.9 Å². The first-order chi connectivity index (χ1) is 8.84. The first kappa shape index (κ1) is 11.5. The van der Waals surface area contributed by atoms with Gasteiger partial charge in [0.15, 0.2) is 0 Å². The molecule has 18 heavy (non-hydrogen) atoms. The molecule has 3 rings (SSSR count). The Bertz CT molecular complexity index is 597. The maximum Gasteiger partial charge on any atom is 0.258 e. The Balaban J connectivity index is 1.92. The predicted molar refractivity (Wildman–Crippen MR) is 72.6 cm³/mol. The number of aromatic nitrogens is 2. The Morgan fingerprint density at radius 1 is 1.22 bits per heavy atom. The highest BCUT2D eigenvalue weighted by Crippen LogP contribution is 2.24. The van der Waals surface area contributed by atoms with Crippen molar-refractivity contribution in [1.29, 1.82) is 0 Å². The van der Waals surface area contributed by atoms with Crippen LogP contribution in [0.25, 0.3) is 10.8 Å². The summed E-state index contributed by atoms with van der Waals surface area (Å²) in [6.07, 6.45) is 11.9. The van der Waals surface area contributed by atoms with E-state index in [0.717, 1.165) is 17.3 Å². The molecule has 2 aromatic heterocycles. The molecule has 3 heteroatoms. The van der Waals surface area contributed by atoms with Gasteiger partial charge in [0.1, 0.15) is 0 Å². The van der Waals surface area contributed by atoms with Crippen LogP contribution < -0.4 is 5.56 Å². The van der Waals surface area contributed by atoms with Crippen LogP contribution in [0.2, 0.25) is 0 Å². The van der Waals surface area contributed by atoms with Crippen LogP contribution >= 0.6 is 0 Å². The molecule has 0 unspecified atom stereocenters. The number of hydrogen-bond acceptors (Lipinski definition) is 2. The van der Waals surface area contributed by atoms with Gasteiger partial charge in [-0.25, -0.2) is 0 Å². The summed E-state index contributed by atoms with van der Waals surface area (Å²) in [5, 5.41) is 1.71. The van der Waals surface area contributed by atoms with Gasteiger partial charge in [-0.3, -0.25) is 9.78 Å². The summed E-state index contributed by atoms with van der Waals surface area (Å²) < 4.78 is 1.87. The number of pyridine rings is 2. The average Bonchev–Trinajstić information content (AvgIpc) is 2.43.